The minimum Gasteiger partial charge on any atom is -0.454 e. The number of halogens is 5. The van der Waals surface area contributed by atoms with Crippen LogP contribution in [-0.4, -0.2) is 5.11 Å². The molecule has 112 valence electrons. The van der Waals surface area contributed by atoms with Gasteiger partial charge in [0.25, 0.3) is 0 Å². The molecule has 21 heavy (non-hydrogen) atoms. The van der Waals surface area contributed by atoms with Crippen LogP contribution in [0.3, 0.4) is 0 Å². The van der Waals surface area contributed by atoms with Gasteiger partial charge in [0.05, 0.1) is 17.2 Å². The van der Waals surface area contributed by atoms with Gasteiger partial charge in [-0.05, 0) is 29.8 Å². The molecule has 2 nitrogen and oxygen atoms in total. The fourth-order valence-corrected chi connectivity index (χ4v) is 1.88. The predicted octanol–water partition coefficient (Wildman–Crippen LogP) is 4.78. The zero-order chi connectivity index (χ0) is 15.6. The summed E-state index contributed by atoms with van der Waals surface area (Å²) in [5, 5.41) is 8.73. The maximum Gasteiger partial charge on any atom is 0.416 e. The molecule has 0 aromatic heterocycles. The Labute approximate surface area is 122 Å². The van der Waals surface area contributed by atoms with Gasteiger partial charge in [0.15, 0.2) is 11.6 Å². The Kier molecular flexibility index (Phi) is 4.39. The van der Waals surface area contributed by atoms with Crippen molar-refractivity contribution in [1.29, 1.82) is 0 Å². The molecular formula is C14H9ClF4O2. The minimum absolute atomic E-state index is 0.199. The normalized spacial score (nSPS) is 11.5. The molecule has 1 N–H and O–H groups in total. The third-order valence-corrected chi connectivity index (χ3v) is 2.99. The first-order valence-electron chi connectivity index (χ1n) is 5.75. The summed E-state index contributed by atoms with van der Waals surface area (Å²) < 4.78 is 57.2. The highest BCUT2D eigenvalue weighted by Gasteiger charge is 2.33. The fourth-order valence-electron chi connectivity index (χ4n) is 1.71. The highest BCUT2D eigenvalue weighted by molar-refractivity contribution is 6.30. The Balaban J connectivity index is 2.40. The summed E-state index contributed by atoms with van der Waals surface area (Å²) in [4.78, 5) is 0. The summed E-state index contributed by atoms with van der Waals surface area (Å²) in [6.07, 6.45) is -4.65. The molecule has 0 unspecified atom stereocenters. The predicted molar refractivity (Wildman–Crippen MR) is 68.9 cm³/mol. The standard InChI is InChI=1S/C14H9ClF4O2/c15-11-2-1-3-12(13(11)16)21-9-5-4-8(7-20)10(6-9)14(17,18)19/h1-6,20H,7H2. The Bertz CT molecular complexity index is 656. The van der Waals surface area contributed by atoms with Gasteiger partial charge in [-0.2, -0.15) is 13.2 Å². The highest BCUT2D eigenvalue weighted by atomic mass is 35.5. The number of ether oxygens (including phenoxy) is 1. The van der Waals surface area contributed by atoms with Crippen molar-refractivity contribution in [2.45, 2.75) is 12.8 Å². The van der Waals surface area contributed by atoms with Gasteiger partial charge < -0.3 is 9.84 Å². The van der Waals surface area contributed by atoms with E-state index in [1.807, 2.05) is 0 Å². The number of rotatable bonds is 3. The van der Waals surface area contributed by atoms with E-state index < -0.39 is 24.2 Å². The molecule has 0 fully saturated rings. The van der Waals surface area contributed by atoms with Crippen LogP contribution in [0.1, 0.15) is 11.1 Å². The van der Waals surface area contributed by atoms with Gasteiger partial charge in [-0.1, -0.05) is 23.7 Å². The molecular weight excluding hydrogens is 312 g/mol. The summed E-state index contributed by atoms with van der Waals surface area (Å²) in [7, 11) is 0. The van der Waals surface area contributed by atoms with E-state index in [0.717, 1.165) is 6.07 Å². The lowest BCUT2D eigenvalue weighted by Gasteiger charge is -2.14. The Morgan fingerprint density at radius 1 is 1.14 bits per heavy atom. The number of benzene rings is 2. The number of hydrogen-bond donors (Lipinski definition) is 1. The first kappa shape index (κ1) is 15.6. The SMILES string of the molecule is OCc1ccc(Oc2cccc(Cl)c2F)cc1C(F)(F)F. The lowest BCUT2D eigenvalue weighted by atomic mass is 10.1. The summed E-state index contributed by atoms with van der Waals surface area (Å²) >= 11 is 5.56. The van der Waals surface area contributed by atoms with E-state index in [4.69, 9.17) is 21.4 Å². The number of aliphatic hydroxyl groups excluding tert-OH is 1. The second-order valence-electron chi connectivity index (χ2n) is 4.13. The van der Waals surface area contributed by atoms with Crippen LogP contribution in [0.2, 0.25) is 5.02 Å². The van der Waals surface area contributed by atoms with E-state index in [2.05, 4.69) is 0 Å². The fraction of sp³-hybridized carbons (Fsp3) is 0.143. The monoisotopic (exact) mass is 320 g/mol. The van der Waals surface area contributed by atoms with E-state index in [-0.39, 0.29) is 22.1 Å². The molecule has 0 aliphatic rings. The average Bonchev–Trinajstić information content (AvgIpc) is 2.43. The quantitative estimate of drug-likeness (QED) is 0.824. The van der Waals surface area contributed by atoms with Crippen molar-refractivity contribution in [2.75, 3.05) is 0 Å². The summed E-state index contributed by atoms with van der Waals surface area (Å²) in [6.45, 7) is -0.763. The zero-order valence-corrected chi connectivity index (χ0v) is 11.2. The molecule has 0 aliphatic heterocycles. The topological polar surface area (TPSA) is 29.5 Å². The van der Waals surface area contributed by atoms with Crippen molar-refractivity contribution >= 4 is 11.6 Å². The number of aliphatic hydroxyl groups is 1. The van der Waals surface area contributed by atoms with Crippen molar-refractivity contribution in [3.8, 4) is 11.5 Å². The molecule has 7 heteroatoms. The van der Waals surface area contributed by atoms with Gasteiger partial charge in [0.1, 0.15) is 5.75 Å². The highest BCUT2D eigenvalue weighted by Crippen LogP contribution is 2.36. The van der Waals surface area contributed by atoms with Gasteiger partial charge >= 0.3 is 6.18 Å². The molecule has 0 amide bonds. The number of alkyl halides is 3. The second-order valence-corrected chi connectivity index (χ2v) is 4.54. The molecule has 2 rings (SSSR count). The van der Waals surface area contributed by atoms with Crippen LogP contribution in [-0.2, 0) is 12.8 Å². The maximum absolute atomic E-state index is 13.6. The first-order chi connectivity index (χ1) is 9.82. The van der Waals surface area contributed by atoms with Gasteiger partial charge in [0.2, 0.25) is 0 Å². The second kappa shape index (κ2) is 5.91. The Morgan fingerprint density at radius 2 is 1.86 bits per heavy atom. The van der Waals surface area contributed by atoms with Crippen LogP contribution in [0, 0.1) is 5.82 Å². The molecule has 0 spiro atoms. The summed E-state index contributed by atoms with van der Waals surface area (Å²) in [6, 6.07) is 6.93. The lowest BCUT2D eigenvalue weighted by molar-refractivity contribution is -0.138. The molecule has 0 heterocycles. The lowest BCUT2D eigenvalue weighted by Crippen LogP contribution is -2.09. The maximum atomic E-state index is 13.6. The molecule has 2 aromatic rings. The van der Waals surface area contributed by atoms with Gasteiger partial charge in [0, 0.05) is 0 Å². The van der Waals surface area contributed by atoms with E-state index in [0.29, 0.717) is 6.07 Å². The number of hydrogen-bond acceptors (Lipinski definition) is 2. The summed E-state index contributed by atoms with van der Waals surface area (Å²) in [5.74, 6) is -1.35. The minimum atomic E-state index is -4.65. The van der Waals surface area contributed by atoms with Crippen LogP contribution < -0.4 is 4.74 Å². The van der Waals surface area contributed by atoms with Crippen LogP contribution in [0.25, 0.3) is 0 Å². The largest absolute Gasteiger partial charge is 0.454 e. The summed E-state index contributed by atoms with van der Waals surface area (Å²) in [5.41, 5.74) is -1.33. The first-order valence-corrected chi connectivity index (χ1v) is 6.13. The van der Waals surface area contributed by atoms with E-state index in [1.54, 1.807) is 0 Å². The zero-order valence-electron chi connectivity index (χ0n) is 10.4. The van der Waals surface area contributed by atoms with Crippen LogP contribution >= 0.6 is 11.6 Å². The van der Waals surface area contributed by atoms with Crippen molar-refractivity contribution in [3.63, 3.8) is 0 Å². The molecule has 2 aromatic carbocycles. The van der Waals surface area contributed by atoms with Crippen molar-refractivity contribution in [3.05, 3.63) is 58.4 Å². The molecule has 0 radical (unpaired) electrons. The van der Waals surface area contributed by atoms with Crippen molar-refractivity contribution in [2.24, 2.45) is 0 Å². The third kappa shape index (κ3) is 3.46. The Hall–Kier alpha value is -1.79. The van der Waals surface area contributed by atoms with Crippen LogP contribution in [0.4, 0.5) is 17.6 Å². The van der Waals surface area contributed by atoms with E-state index >= 15 is 0 Å². The third-order valence-electron chi connectivity index (χ3n) is 2.70. The van der Waals surface area contributed by atoms with Gasteiger partial charge in [-0.25, -0.2) is 4.39 Å². The van der Waals surface area contributed by atoms with Crippen LogP contribution in [0.15, 0.2) is 36.4 Å². The molecule has 0 saturated heterocycles. The molecule has 0 bridgehead atoms. The molecule has 0 atom stereocenters. The smallest absolute Gasteiger partial charge is 0.416 e. The van der Waals surface area contributed by atoms with E-state index in [9.17, 15) is 17.6 Å². The van der Waals surface area contributed by atoms with Crippen molar-refractivity contribution < 1.29 is 27.4 Å². The molecule has 0 aliphatic carbocycles. The molecule has 0 saturated carbocycles. The average molecular weight is 321 g/mol. The van der Waals surface area contributed by atoms with Crippen LogP contribution in [0.5, 0.6) is 11.5 Å². The van der Waals surface area contributed by atoms with Gasteiger partial charge in [-0.3, -0.25) is 0 Å². The van der Waals surface area contributed by atoms with Gasteiger partial charge in [-0.15, -0.1) is 0 Å². The Morgan fingerprint density at radius 3 is 2.48 bits per heavy atom. The van der Waals surface area contributed by atoms with Crippen molar-refractivity contribution in [1.82, 2.24) is 0 Å². The van der Waals surface area contributed by atoms with E-state index in [1.165, 1.54) is 24.3 Å².